The third kappa shape index (κ3) is 3.60. The summed E-state index contributed by atoms with van der Waals surface area (Å²) in [6, 6.07) is 7.49. The van der Waals surface area contributed by atoms with Crippen molar-refractivity contribution < 1.29 is 9.53 Å². The Hall–Kier alpha value is -1.59. The van der Waals surface area contributed by atoms with Gasteiger partial charge in [0, 0.05) is 23.2 Å². The number of nitrogens with two attached hydrogens (primary N) is 1. The van der Waals surface area contributed by atoms with Crippen LogP contribution in [0.1, 0.15) is 48.9 Å². The first-order valence-corrected chi connectivity index (χ1v) is 9.84. The van der Waals surface area contributed by atoms with Crippen LogP contribution in [0.2, 0.25) is 0 Å². The minimum absolute atomic E-state index is 0.0235. The number of rotatable bonds is 6. The van der Waals surface area contributed by atoms with Gasteiger partial charge in [-0.15, -0.1) is 0 Å². The van der Waals surface area contributed by atoms with Crippen molar-refractivity contribution in [1.29, 1.82) is 0 Å². The smallest absolute Gasteiger partial charge is 0.251 e. The van der Waals surface area contributed by atoms with Gasteiger partial charge in [-0.3, -0.25) is 4.79 Å². The average Bonchev–Trinajstić information content (AvgIpc) is 2.52. The molecule has 0 aliphatic heterocycles. The van der Waals surface area contributed by atoms with Gasteiger partial charge in [0.15, 0.2) is 0 Å². The molecule has 4 bridgehead atoms. The minimum atomic E-state index is -0.0865. The summed E-state index contributed by atoms with van der Waals surface area (Å²) in [5.74, 6) is 2.21. The predicted molar refractivity (Wildman–Crippen MR) is 102 cm³/mol. The van der Waals surface area contributed by atoms with E-state index in [4.69, 9.17) is 10.5 Å². The molecule has 0 radical (unpaired) electrons. The molecule has 1 aromatic rings. The van der Waals surface area contributed by atoms with Crippen molar-refractivity contribution in [3.8, 4) is 5.75 Å². The summed E-state index contributed by atoms with van der Waals surface area (Å²) in [6.45, 7) is 1.51. The minimum Gasteiger partial charge on any atom is -0.492 e. The number of nitrogens with one attached hydrogen (secondary N) is 1. The highest BCUT2D eigenvalue weighted by molar-refractivity contribution is 5.94. The number of amides is 1. The third-order valence-corrected chi connectivity index (χ3v) is 6.41. The quantitative estimate of drug-likeness (QED) is 0.820. The summed E-state index contributed by atoms with van der Waals surface area (Å²) >= 11 is 0. The second-order valence-electron chi connectivity index (χ2n) is 9.23. The zero-order valence-electron chi connectivity index (χ0n) is 16.0. The molecule has 2 unspecified atom stereocenters. The molecule has 0 heterocycles. The fourth-order valence-electron chi connectivity index (χ4n) is 5.84. The lowest BCUT2D eigenvalue weighted by Crippen LogP contribution is -2.68. The van der Waals surface area contributed by atoms with Gasteiger partial charge in [-0.2, -0.15) is 0 Å². The van der Waals surface area contributed by atoms with Crippen LogP contribution in [0, 0.1) is 11.8 Å². The Bertz CT molecular complexity index is 656. The summed E-state index contributed by atoms with van der Waals surface area (Å²) in [5, 5.41) is 3.38. The van der Waals surface area contributed by atoms with E-state index in [2.05, 4.69) is 10.2 Å². The van der Waals surface area contributed by atoms with E-state index in [9.17, 15) is 4.79 Å². The lowest BCUT2D eigenvalue weighted by molar-refractivity contribution is -0.0320. The molecule has 4 aliphatic rings. The van der Waals surface area contributed by atoms with Crippen LogP contribution in [-0.4, -0.2) is 49.1 Å². The molecule has 0 aromatic heterocycles. The number of carbonyl (C=O) groups excluding carboxylic acids is 1. The van der Waals surface area contributed by atoms with Gasteiger partial charge < -0.3 is 20.7 Å². The van der Waals surface area contributed by atoms with E-state index in [0.29, 0.717) is 24.0 Å². The fraction of sp³-hybridized carbons (Fsp3) is 0.667. The highest BCUT2D eigenvalue weighted by Crippen LogP contribution is 2.56. The van der Waals surface area contributed by atoms with Gasteiger partial charge in [-0.05, 0) is 88.7 Å². The first-order valence-electron chi connectivity index (χ1n) is 9.84. The topological polar surface area (TPSA) is 67.6 Å². The molecule has 1 aromatic carbocycles. The second-order valence-corrected chi connectivity index (χ2v) is 9.23. The van der Waals surface area contributed by atoms with E-state index in [-0.39, 0.29) is 17.0 Å². The maximum atomic E-state index is 12.8. The highest BCUT2D eigenvalue weighted by Gasteiger charge is 2.56. The van der Waals surface area contributed by atoms with Gasteiger partial charge in [0.2, 0.25) is 0 Å². The van der Waals surface area contributed by atoms with Gasteiger partial charge in [0.05, 0.1) is 0 Å². The Morgan fingerprint density at radius 2 is 1.85 bits per heavy atom. The monoisotopic (exact) mass is 357 g/mol. The van der Waals surface area contributed by atoms with Crippen molar-refractivity contribution in [2.75, 3.05) is 27.2 Å². The Kier molecular flexibility index (Phi) is 4.48. The van der Waals surface area contributed by atoms with Crippen LogP contribution in [-0.2, 0) is 0 Å². The number of hydrogen-bond donors (Lipinski definition) is 2. The summed E-state index contributed by atoms with van der Waals surface area (Å²) in [6.07, 6.45) is 6.71. The Morgan fingerprint density at radius 3 is 2.42 bits per heavy atom. The van der Waals surface area contributed by atoms with Gasteiger partial charge in [-0.25, -0.2) is 0 Å². The molecule has 2 atom stereocenters. The van der Waals surface area contributed by atoms with Gasteiger partial charge in [-0.1, -0.05) is 0 Å². The van der Waals surface area contributed by atoms with Crippen molar-refractivity contribution in [3.63, 3.8) is 0 Å². The average molecular weight is 357 g/mol. The van der Waals surface area contributed by atoms with Crippen LogP contribution in [0.4, 0.5) is 0 Å². The molecule has 0 spiro atoms. The molecule has 4 saturated carbocycles. The van der Waals surface area contributed by atoms with E-state index >= 15 is 0 Å². The highest BCUT2D eigenvalue weighted by atomic mass is 16.5. The number of nitrogens with zero attached hydrogens (tertiary/aromatic N) is 1. The largest absolute Gasteiger partial charge is 0.492 e. The van der Waals surface area contributed by atoms with Crippen molar-refractivity contribution in [3.05, 3.63) is 29.8 Å². The summed E-state index contributed by atoms with van der Waals surface area (Å²) < 4.78 is 5.71. The maximum Gasteiger partial charge on any atom is 0.251 e. The molecule has 5 heteroatoms. The molecule has 5 rings (SSSR count). The molecular weight excluding hydrogens is 326 g/mol. The first kappa shape index (κ1) is 17.8. The normalized spacial score (nSPS) is 34.9. The summed E-state index contributed by atoms with van der Waals surface area (Å²) in [5.41, 5.74) is 7.20. The van der Waals surface area contributed by atoms with Crippen molar-refractivity contribution in [2.24, 2.45) is 17.6 Å². The van der Waals surface area contributed by atoms with Crippen LogP contribution in [0.15, 0.2) is 24.3 Å². The van der Waals surface area contributed by atoms with Crippen LogP contribution >= 0.6 is 0 Å². The van der Waals surface area contributed by atoms with E-state index in [1.165, 1.54) is 6.42 Å². The second kappa shape index (κ2) is 6.54. The van der Waals surface area contributed by atoms with Gasteiger partial charge >= 0.3 is 0 Å². The number of benzene rings is 1. The zero-order chi connectivity index (χ0) is 18.4. The SMILES string of the molecule is CN(C)CCOc1ccc(C(=O)NC23CC4CC(CC(N)(C4)C2)C3)cc1. The van der Waals surface area contributed by atoms with Crippen LogP contribution in [0.5, 0.6) is 5.75 Å². The maximum absolute atomic E-state index is 12.8. The Labute approximate surface area is 156 Å². The summed E-state index contributed by atoms with van der Waals surface area (Å²) in [4.78, 5) is 14.9. The molecule has 4 fully saturated rings. The van der Waals surface area contributed by atoms with E-state index in [1.807, 2.05) is 38.4 Å². The lowest BCUT2D eigenvalue weighted by Gasteiger charge is -2.61. The van der Waals surface area contributed by atoms with E-state index < -0.39 is 0 Å². The van der Waals surface area contributed by atoms with E-state index in [1.54, 1.807) is 0 Å². The number of ether oxygens (including phenoxy) is 1. The molecule has 4 aliphatic carbocycles. The number of carbonyl (C=O) groups is 1. The number of likely N-dealkylation sites (N-methyl/N-ethyl adjacent to an activating group) is 1. The van der Waals surface area contributed by atoms with Crippen LogP contribution in [0.3, 0.4) is 0 Å². The van der Waals surface area contributed by atoms with Crippen LogP contribution < -0.4 is 15.8 Å². The standard InChI is InChI=1S/C21H31N3O2/c1-24(2)7-8-26-18-5-3-17(4-6-18)19(25)23-21-12-15-9-16(13-21)11-20(22,10-15)14-21/h3-6,15-16H,7-14,22H2,1-2H3,(H,23,25). The van der Waals surface area contributed by atoms with Crippen molar-refractivity contribution in [2.45, 2.75) is 49.6 Å². The molecule has 142 valence electrons. The van der Waals surface area contributed by atoms with E-state index in [0.717, 1.165) is 44.4 Å². The van der Waals surface area contributed by atoms with Crippen molar-refractivity contribution in [1.82, 2.24) is 10.2 Å². The molecule has 26 heavy (non-hydrogen) atoms. The van der Waals surface area contributed by atoms with Gasteiger partial charge in [0.25, 0.3) is 5.91 Å². The molecule has 5 nitrogen and oxygen atoms in total. The molecular formula is C21H31N3O2. The first-order chi connectivity index (χ1) is 12.3. The lowest BCUT2D eigenvalue weighted by atomic mass is 9.50. The van der Waals surface area contributed by atoms with Crippen LogP contribution in [0.25, 0.3) is 0 Å². The predicted octanol–water partition coefficient (Wildman–Crippen LogP) is 2.41. The molecule has 0 saturated heterocycles. The number of hydrogen-bond acceptors (Lipinski definition) is 4. The molecule has 3 N–H and O–H groups in total. The Morgan fingerprint density at radius 1 is 1.19 bits per heavy atom. The van der Waals surface area contributed by atoms with Crippen molar-refractivity contribution >= 4 is 5.91 Å². The summed E-state index contributed by atoms with van der Waals surface area (Å²) in [7, 11) is 4.04. The third-order valence-electron chi connectivity index (χ3n) is 6.41. The zero-order valence-corrected chi connectivity index (χ0v) is 16.0. The Balaban J connectivity index is 1.39. The molecule has 1 amide bonds. The fourth-order valence-corrected chi connectivity index (χ4v) is 5.84. The van der Waals surface area contributed by atoms with Gasteiger partial charge in [0.1, 0.15) is 12.4 Å².